The Balaban J connectivity index is 1.53. The van der Waals surface area contributed by atoms with Crippen LogP contribution in [0, 0.1) is 0 Å². The van der Waals surface area contributed by atoms with Gasteiger partial charge in [-0.1, -0.05) is 0 Å². The maximum absolute atomic E-state index is 11.5. The fourth-order valence-electron chi connectivity index (χ4n) is 5.76. The summed E-state index contributed by atoms with van der Waals surface area (Å²) < 4.78 is 13.1. The zero-order valence-electron chi connectivity index (χ0n) is 23.2. The van der Waals surface area contributed by atoms with E-state index in [0.29, 0.717) is 80.3 Å². The molecular weight excluding hydrogens is 642 g/mol. The van der Waals surface area contributed by atoms with Crippen LogP contribution in [0.5, 0.6) is 23.0 Å². The number of benzene rings is 4. The second-order valence-corrected chi connectivity index (χ2v) is 15.8. The molecule has 0 atom stereocenters. The molecule has 1 heterocycles. The third-order valence-corrected chi connectivity index (χ3v) is 12.1. The molecular formula is C35H36O4Se2. The van der Waals surface area contributed by atoms with Crippen LogP contribution in [0.4, 0.5) is 0 Å². The number of ether oxygens (including phenoxy) is 2. The van der Waals surface area contributed by atoms with Crippen LogP contribution in [0.1, 0.15) is 50.9 Å². The van der Waals surface area contributed by atoms with Gasteiger partial charge in [0.15, 0.2) is 0 Å². The number of rotatable bonds is 0. The Kier molecular flexibility index (Phi) is 9.23. The predicted molar refractivity (Wildman–Crippen MR) is 167 cm³/mol. The number of fused-ring (bicyclic) bond motifs is 2. The summed E-state index contributed by atoms with van der Waals surface area (Å²) in [4.78, 5) is 0. The Morgan fingerprint density at radius 3 is 1.10 bits per heavy atom. The minimum atomic E-state index is 0.344. The summed E-state index contributed by atoms with van der Waals surface area (Å²) in [6.45, 7) is 1.39. The molecule has 2 N–H and O–H groups in total. The van der Waals surface area contributed by atoms with E-state index >= 15 is 0 Å². The molecule has 4 nitrogen and oxygen atoms in total. The first-order valence-corrected chi connectivity index (χ1v) is 19.2. The Labute approximate surface area is 255 Å². The van der Waals surface area contributed by atoms with Gasteiger partial charge in [0.2, 0.25) is 0 Å². The van der Waals surface area contributed by atoms with E-state index in [1.807, 2.05) is 36.4 Å². The first-order chi connectivity index (χ1) is 20.2. The normalized spacial score (nSPS) is 16.1. The van der Waals surface area contributed by atoms with Gasteiger partial charge in [-0.15, -0.1) is 0 Å². The number of hydrogen-bond donors (Lipinski definition) is 2. The molecule has 212 valence electrons. The van der Waals surface area contributed by atoms with Crippen molar-refractivity contribution < 1.29 is 19.7 Å². The molecule has 0 aromatic heterocycles. The number of hydrogen-bond acceptors (Lipinski definition) is 4. The fraction of sp³-hybridized carbons (Fsp3) is 0.314. The van der Waals surface area contributed by atoms with Crippen LogP contribution < -0.4 is 9.47 Å². The van der Waals surface area contributed by atoms with E-state index < -0.39 is 0 Å². The molecule has 0 fully saturated rings. The molecule has 0 saturated heterocycles. The molecule has 0 saturated carbocycles. The summed E-state index contributed by atoms with van der Waals surface area (Å²) in [6.07, 6.45) is 3.60. The van der Waals surface area contributed by atoms with Crippen molar-refractivity contribution in [2.75, 3.05) is 13.2 Å². The van der Waals surface area contributed by atoms with Gasteiger partial charge in [0.05, 0.1) is 0 Å². The number of aromatic hydroxyl groups is 2. The third kappa shape index (κ3) is 6.63. The maximum atomic E-state index is 11.5. The van der Waals surface area contributed by atoms with Crippen LogP contribution in [0.25, 0.3) is 0 Å². The van der Waals surface area contributed by atoms with Crippen molar-refractivity contribution in [3.8, 4) is 23.0 Å². The predicted octanol–water partition coefficient (Wildman–Crippen LogP) is 7.02. The van der Waals surface area contributed by atoms with E-state index in [4.69, 9.17) is 9.47 Å². The quantitative estimate of drug-likeness (QED) is 0.173. The Bertz CT molecular complexity index is 1320. The van der Waals surface area contributed by atoms with Crippen LogP contribution in [-0.4, -0.2) is 53.3 Å². The van der Waals surface area contributed by atoms with Gasteiger partial charge in [0, 0.05) is 0 Å². The van der Waals surface area contributed by atoms with Crippen molar-refractivity contribution in [3.63, 3.8) is 0 Å². The number of para-hydroxylation sites is 4. The number of phenolic OH excluding ortho intramolecular Hbond substituents is 2. The van der Waals surface area contributed by atoms with Crippen molar-refractivity contribution in [2.45, 2.75) is 53.4 Å². The van der Waals surface area contributed by atoms with Crippen LogP contribution >= 0.6 is 0 Å². The van der Waals surface area contributed by atoms with Crippen LogP contribution in [0.3, 0.4) is 0 Å². The first-order valence-electron chi connectivity index (χ1n) is 14.4. The molecule has 1 aliphatic heterocycles. The first kappa shape index (κ1) is 28.2. The average Bonchev–Trinajstić information content (AvgIpc) is 2.97. The summed E-state index contributed by atoms with van der Waals surface area (Å²) >= 11 is 1.13. The molecule has 4 aromatic carbocycles. The molecule has 41 heavy (non-hydrogen) atoms. The fourth-order valence-corrected chi connectivity index (χ4v) is 9.85. The SMILES string of the molecule is Oc1c2cccc1Cc1cccc3c1OCC[Se]CCC[Se]CCOc1c(cccc1Cc1cccc(c1O)C3)C2. The Morgan fingerprint density at radius 1 is 0.439 bits per heavy atom. The van der Waals surface area contributed by atoms with Gasteiger partial charge < -0.3 is 0 Å². The Hall–Kier alpha value is -2.88. The zero-order chi connectivity index (χ0) is 28.0. The standard InChI is InChI=1S/C35H36O4Se2/c36-32-24-6-1-7-25(32)21-29-11-4-13-31-23-27-9-2-8-26(33(27)37)22-30-12-3-10-28(20-24)34(30)38-14-18-40-16-5-17-41-19-15-39-35(29)31/h1-4,6-13,36-37H,5,14-23H2. The molecule has 6 rings (SSSR count). The monoisotopic (exact) mass is 680 g/mol. The summed E-state index contributed by atoms with van der Waals surface area (Å²) in [6, 6.07) is 24.7. The molecule has 0 unspecified atom stereocenters. The van der Waals surface area contributed by atoms with E-state index in [0.717, 1.165) is 66.6 Å². The zero-order valence-corrected chi connectivity index (χ0v) is 26.7. The summed E-state index contributed by atoms with van der Waals surface area (Å²) in [5, 5.41) is 27.8. The summed E-state index contributed by atoms with van der Waals surface area (Å²) in [5.74, 6) is 2.47. The van der Waals surface area contributed by atoms with Crippen molar-refractivity contribution in [3.05, 3.63) is 117 Å². The molecule has 2 aliphatic rings. The molecule has 6 heteroatoms. The van der Waals surface area contributed by atoms with Gasteiger partial charge in [-0.05, 0) is 0 Å². The van der Waals surface area contributed by atoms with Gasteiger partial charge in [0.25, 0.3) is 0 Å². The summed E-state index contributed by atoms with van der Waals surface area (Å²) in [5.41, 5.74) is 7.81. The topological polar surface area (TPSA) is 58.9 Å². The van der Waals surface area contributed by atoms with Gasteiger partial charge in [-0.2, -0.15) is 0 Å². The van der Waals surface area contributed by atoms with Crippen molar-refractivity contribution in [2.24, 2.45) is 0 Å². The van der Waals surface area contributed by atoms with Gasteiger partial charge in [-0.3, -0.25) is 0 Å². The van der Waals surface area contributed by atoms with Gasteiger partial charge in [0.1, 0.15) is 0 Å². The van der Waals surface area contributed by atoms with Crippen molar-refractivity contribution in [1.82, 2.24) is 0 Å². The Morgan fingerprint density at radius 2 is 0.756 bits per heavy atom. The molecule has 0 radical (unpaired) electrons. The minimum absolute atomic E-state index is 0.344. The molecule has 10 bridgehead atoms. The average molecular weight is 679 g/mol. The van der Waals surface area contributed by atoms with E-state index in [1.54, 1.807) is 0 Å². The second kappa shape index (κ2) is 13.4. The van der Waals surface area contributed by atoms with E-state index in [9.17, 15) is 10.2 Å². The van der Waals surface area contributed by atoms with Crippen LogP contribution in [0.15, 0.2) is 72.8 Å². The second-order valence-electron chi connectivity index (χ2n) is 10.6. The molecule has 4 aromatic rings. The molecule has 1 aliphatic carbocycles. The van der Waals surface area contributed by atoms with Crippen molar-refractivity contribution in [1.29, 1.82) is 0 Å². The molecule has 0 spiro atoms. The van der Waals surface area contributed by atoms with Crippen LogP contribution in [-0.2, 0) is 25.7 Å². The van der Waals surface area contributed by atoms with Crippen molar-refractivity contribution >= 4 is 29.9 Å². The molecule has 0 amide bonds. The van der Waals surface area contributed by atoms with E-state index in [1.165, 1.54) is 17.1 Å². The number of phenols is 2. The van der Waals surface area contributed by atoms with Crippen LogP contribution in [0.2, 0.25) is 21.3 Å². The third-order valence-electron chi connectivity index (χ3n) is 7.81. The van der Waals surface area contributed by atoms with E-state index in [2.05, 4.69) is 36.4 Å². The van der Waals surface area contributed by atoms with E-state index in [-0.39, 0.29) is 0 Å². The summed E-state index contributed by atoms with van der Waals surface area (Å²) in [7, 11) is 0. The van der Waals surface area contributed by atoms with Gasteiger partial charge in [-0.25, -0.2) is 0 Å². The van der Waals surface area contributed by atoms with Gasteiger partial charge >= 0.3 is 256 Å².